The molecular weight excluding hydrogens is 166 g/mol. The van der Waals surface area contributed by atoms with E-state index < -0.39 is 0 Å². The van der Waals surface area contributed by atoms with Gasteiger partial charge in [0.1, 0.15) is 5.84 Å². The molecule has 0 saturated heterocycles. The third kappa shape index (κ3) is 5.94. The summed E-state index contributed by atoms with van der Waals surface area (Å²) in [7, 11) is 3.91. The highest BCUT2D eigenvalue weighted by molar-refractivity contribution is 5.85. The largest absolute Gasteiger partial charge is 0.409 e. The predicted octanol–water partition coefficient (Wildman–Crippen LogP) is 0.495. The van der Waals surface area contributed by atoms with E-state index in [2.05, 4.69) is 5.16 Å². The van der Waals surface area contributed by atoms with Crippen LogP contribution in [0, 0.1) is 0 Å². The van der Waals surface area contributed by atoms with Crippen LogP contribution in [0.5, 0.6) is 0 Å². The maximum Gasteiger partial charge on any atom is 0.140 e. The zero-order valence-electron chi connectivity index (χ0n) is 7.11. The number of nitrogens with two attached hydrogens (primary N) is 1. The van der Waals surface area contributed by atoms with Crippen LogP contribution in [0.3, 0.4) is 0 Å². The van der Waals surface area contributed by atoms with E-state index in [1.165, 1.54) is 0 Å². The zero-order valence-corrected chi connectivity index (χ0v) is 7.93. The molecule has 68 valence electrons. The Morgan fingerprint density at radius 2 is 2.09 bits per heavy atom. The lowest BCUT2D eigenvalue weighted by molar-refractivity contribution is 0.301. The first-order valence-electron chi connectivity index (χ1n) is 3.20. The highest BCUT2D eigenvalue weighted by atomic mass is 35.5. The maximum atomic E-state index is 8.21. The van der Waals surface area contributed by atoms with E-state index in [-0.39, 0.29) is 18.2 Å². The molecule has 0 heterocycles. The molecule has 11 heavy (non-hydrogen) atoms. The Balaban J connectivity index is 0. The molecule has 5 heteroatoms. The lowest BCUT2D eigenvalue weighted by atomic mass is 10.2. The van der Waals surface area contributed by atoms with Gasteiger partial charge in [-0.2, -0.15) is 0 Å². The molecule has 1 unspecified atom stereocenters. The Kier molecular flexibility index (Phi) is 7.46. The van der Waals surface area contributed by atoms with Crippen LogP contribution in [0.4, 0.5) is 0 Å². The number of rotatable bonds is 3. The van der Waals surface area contributed by atoms with Crippen LogP contribution in [-0.4, -0.2) is 36.1 Å². The normalized spacial score (nSPS) is 14.4. The minimum absolute atomic E-state index is 0. The quantitative estimate of drug-likeness (QED) is 0.289. The van der Waals surface area contributed by atoms with Gasteiger partial charge >= 0.3 is 0 Å². The first-order chi connectivity index (χ1) is 4.57. The standard InChI is InChI=1S/C6H15N3O.ClH/c1-5(9(2)3)4-6(7)8-10;/h5,10H,4H2,1-3H3,(H2,7,8);1H. The minimum Gasteiger partial charge on any atom is -0.409 e. The molecule has 0 aliphatic heterocycles. The summed E-state index contributed by atoms with van der Waals surface area (Å²) in [6.45, 7) is 2.01. The summed E-state index contributed by atoms with van der Waals surface area (Å²) < 4.78 is 0. The van der Waals surface area contributed by atoms with Crippen molar-refractivity contribution in [3.05, 3.63) is 0 Å². The van der Waals surface area contributed by atoms with E-state index in [0.717, 1.165) is 0 Å². The molecule has 0 aliphatic rings. The Labute approximate surface area is 73.5 Å². The van der Waals surface area contributed by atoms with Gasteiger partial charge in [0.05, 0.1) is 0 Å². The first kappa shape index (κ1) is 13.1. The summed E-state index contributed by atoms with van der Waals surface area (Å²) in [6, 6.07) is 0.316. The predicted molar refractivity (Wildman–Crippen MR) is 48.4 cm³/mol. The molecule has 0 saturated carbocycles. The Bertz CT molecular complexity index is 127. The second-order valence-corrected chi connectivity index (χ2v) is 2.61. The van der Waals surface area contributed by atoms with Crippen molar-refractivity contribution in [2.45, 2.75) is 19.4 Å². The lowest BCUT2D eigenvalue weighted by Gasteiger charge is -2.18. The maximum absolute atomic E-state index is 8.21. The van der Waals surface area contributed by atoms with E-state index in [0.29, 0.717) is 12.5 Å². The van der Waals surface area contributed by atoms with Gasteiger partial charge < -0.3 is 15.8 Å². The molecule has 4 nitrogen and oxygen atoms in total. The molecule has 0 spiro atoms. The van der Waals surface area contributed by atoms with Crippen molar-refractivity contribution >= 4 is 18.2 Å². The summed E-state index contributed by atoms with van der Waals surface area (Å²) in [5.74, 6) is 0.279. The monoisotopic (exact) mass is 181 g/mol. The van der Waals surface area contributed by atoms with Crippen molar-refractivity contribution in [3.8, 4) is 0 Å². The van der Waals surface area contributed by atoms with Crippen LogP contribution in [-0.2, 0) is 0 Å². The van der Waals surface area contributed by atoms with Gasteiger partial charge in [0, 0.05) is 12.5 Å². The van der Waals surface area contributed by atoms with Gasteiger partial charge in [0.2, 0.25) is 0 Å². The fourth-order valence-electron chi connectivity index (χ4n) is 0.526. The molecule has 0 bridgehead atoms. The number of hydrogen-bond donors (Lipinski definition) is 2. The second-order valence-electron chi connectivity index (χ2n) is 2.61. The smallest absolute Gasteiger partial charge is 0.140 e. The highest BCUT2D eigenvalue weighted by Gasteiger charge is 2.05. The number of halogens is 1. The van der Waals surface area contributed by atoms with Crippen LogP contribution in [0.15, 0.2) is 5.16 Å². The Morgan fingerprint density at radius 1 is 1.64 bits per heavy atom. The van der Waals surface area contributed by atoms with Gasteiger partial charge in [-0.05, 0) is 21.0 Å². The first-order valence-corrected chi connectivity index (χ1v) is 3.20. The molecule has 0 aliphatic carbocycles. The molecule has 0 aromatic rings. The molecule has 0 amide bonds. The van der Waals surface area contributed by atoms with Crippen LogP contribution >= 0.6 is 12.4 Å². The van der Waals surface area contributed by atoms with Crippen LogP contribution in [0.1, 0.15) is 13.3 Å². The number of nitrogens with zero attached hydrogens (tertiary/aromatic N) is 2. The molecule has 1 atom stereocenters. The van der Waals surface area contributed by atoms with Crippen molar-refractivity contribution in [1.82, 2.24) is 4.90 Å². The zero-order chi connectivity index (χ0) is 8.15. The molecular formula is C6H16ClN3O. The van der Waals surface area contributed by atoms with Gasteiger partial charge in [-0.1, -0.05) is 5.16 Å². The topological polar surface area (TPSA) is 61.9 Å². The Hall–Kier alpha value is -0.480. The average molecular weight is 182 g/mol. The molecule has 0 radical (unpaired) electrons. The summed E-state index contributed by atoms with van der Waals surface area (Å²) in [4.78, 5) is 2.01. The molecule has 3 N–H and O–H groups in total. The molecule has 0 rings (SSSR count). The van der Waals surface area contributed by atoms with E-state index in [1.807, 2.05) is 25.9 Å². The van der Waals surface area contributed by atoms with Gasteiger partial charge in [0.25, 0.3) is 0 Å². The summed E-state index contributed by atoms with van der Waals surface area (Å²) in [5.41, 5.74) is 5.28. The van der Waals surface area contributed by atoms with E-state index in [9.17, 15) is 0 Å². The summed E-state index contributed by atoms with van der Waals surface area (Å²) >= 11 is 0. The SMILES string of the molecule is CC(C/C(N)=N/O)N(C)C.Cl. The van der Waals surface area contributed by atoms with Crippen LogP contribution in [0.2, 0.25) is 0 Å². The van der Waals surface area contributed by atoms with Gasteiger partial charge in [0.15, 0.2) is 0 Å². The van der Waals surface area contributed by atoms with E-state index in [1.54, 1.807) is 0 Å². The third-order valence-corrected chi connectivity index (χ3v) is 1.51. The fourth-order valence-corrected chi connectivity index (χ4v) is 0.526. The van der Waals surface area contributed by atoms with E-state index in [4.69, 9.17) is 10.9 Å². The van der Waals surface area contributed by atoms with Crippen molar-refractivity contribution in [1.29, 1.82) is 0 Å². The number of amidine groups is 1. The van der Waals surface area contributed by atoms with Gasteiger partial charge in [-0.3, -0.25) is 0 Å². The molecule has 0 aromatic heterocycles. The van der Waals surface area contributed by atoms with Crippen LogP contribution in [0.25, 0.3) is 0 Å². The molecule has 0 aromatic carbocycles. The Morgan fingerprint density at radius 3 is 2.36 bits per heavy atom. The number of oxime groups is 1. The van der Waals surface area contributed by atoms with Crippen molar-refractivity contribution < 1.29 is 5.21 Å². The van der Waals surface area contributed by atoms with Crippen molar-refractivity contribution in [2.75, 3.05) is 14.1 Å². The van der Waals surface area contributed by atoms with Crippen molar-refractivity contribution in [2.24, 2.45) is 10.9 Å². The summed E-state index contributed by atoms with van der Waals surface area (Å²) in [6.07, 6.45) is 0.601. The summed E-state index contributed by atoms with van der Waals surface area (Å²) in [5, 5.41) is 11.1. The van der Waals surface area contributed by atoms with Crippen molar-refractivity contribution in [3.63, 3.8) is 0 Å². The highest BCUT2D eigenvalue weighted by Crippen LogP contribution is 1.96. The fraction of sp³-hybridized carbons (Fsp3) is 0.833. The average Bonchev–Trinajstić information content (AvgIpc) is 1.87. The third-order valence-electron chi connectivity index (χ3n) is 1.51. The lowest BCUT2D eigenvalue weighted by Crippen LogP contribution is -2.30. The van der Waals surface area contributed by atoms with E-state index >= 15 is 0 Å². The van der Waals surface area contributed by atoms with Crippen LogP contribution < -0.4 is 5.73 Å². The number of hydrogen-bond acceptors (Lipinski definition) is 3. The second kappa shape index (κ2) is 6.24. The van der Waals surface area contributed by atoms with Gasteiger partial charge in [-0.25, -0.2) is 0 Å². The van der Waals surface area contributed by atoms with Gasteiger partial charge in [-0.15, -0.1) is 12.4 Å². The minimum atomic E-state index is 0. The molecule has 0 fully saturated rings.